The van der Waals surface area contributed by atoms with Crippen molar-refractivity contribution in [2.75, 3.05) is 39.0 Å². The molecule has 4 N–H and O–H groups in total. The number of hydrogen-bond acceptors (Lipinski definition) is 9. The lowest BCUT2D eigenvalue weighted by Crippen LogP contribution is -2.46. The Morgan fingerprint density at radius 2 is 1.93 bits per heavy atom. The van der Waals surface area contributed by atoms with Crippen LogP contribution in [-0.2, 0) is 11.3 Å². The highest BCUT2D eigenvalue weighted by Gasteiger charge is 2.41. The van der Waals surface area contributed by atoms with Crippen LogP contribution in [0.15, 0.2) is 24.7 Å². The molecule has 5 heterocycles. The van der Waals surface area contributed by atoms with E-state index >= 15 is 0 Å². The molecule has 0 radical (unpaired) electrons. The lowest BCUT2D eigenvalue weighted by Gasteiger charge is -2.31. The van der Waals surface area contributed by atoms with Crippen molar-refractivity contribution >= 4 is 23.1 Å². The summed E-state index contributed by atoms with van der Waals surface area (Å²) in [6, 6.07) is 2.31. The Morgan fingerprint density at radius 1 is 1.21 bits per heavy atom. The highest BCUT2D eigenvalue weighted by molar-refractivity contribution is 5.98. The van der Waals surface area contributed by atoms with Crippen molar-refractivity contribution in [1.29, 1.82) is 0 Å². The van der Waals surface area contributed by atoms with Gasteiger partial charge in [-0.1, -0.05) is 0 Å². The molecular formula is C27H33F3N8O4. The van der Waals surface area contributed by atoms with Gasteiger partial charge in [-0.3, -0.25) is 14.5 Å². The minimum absolute atomic E-state index is 0.00134. The van der Waals surface area contributed by atoms with E-state index in [1.165, 1.54) is 44.4 Å². The van der Waals surface area contributed by atoms with Crippen LogP contribution in [0.25, 0.3) is 16.8 Å². The first-order valence-corrected chi connectivity index (χ1v) is 13.5. The monoisotopic (exact) mass is 590 g/mol. The van der Waals surface area contributed by atoms with Crippen molar-refractivity contribution < 1.29 is 32.6 Å². The number of alkyl halides is 3. The number of aromatic nitrogens is 4. The Kier molecular flexibility index (Phi) is 7.74. The van der Waals surface area contributed by atoms with E-state index in [9.17, 15) is 27.9 Å². The zero-order valence-corrected chi connectivity index (χ0v) is 23.5. The second-order valence-corrected chi connectivity index (χ2v) is 11.2. The van der Waals surface area contributed by atoms with Gasteiger partial charge in [0.1, 0.15) is 29.2 Å². The molecule has 0 saturated carbocycles. The van der Waals surface area contributed by atoms with Gasteiger partial charge in [0.05, 0.1) is 25.4 Å². The second kappa shape index (κ2) is 11.0. The number of fused-ring (bicyclic) bond motifs is 1. The van der Waals surface area contributed by atoms with E-state index in [0.717, 1.165) is 5.56 Å². The van der Waals surface area contributed by atoms with E-state index in [0.29, 0.717) is 23.3 Å². The number of ether oxygens (including phenoxy) is 1. The molecule has 2 saturated heterocycles. The molecule has 0 aromatic carbocycles. The Morgan fingerprint density at radius 3 is 2.60 bits per heavy atom. The van der Waals surface area contributed by atoms with Gasteiger partial charge in [-0.2, -0.15) is 5.10 Å². The molecule has 0 aliphatic carbocycles. The van der Waals surface area contributed by atoms with Crippen molar-refractivity contribution in [3.05, 3.63) is 35.8 Å². The fraction of sp³-hybridized carbons (Fsp3) is 0.519. The molecule has 2 aliphatic rings. The van der Waals surface area contributed by atoms with Gasteiger partial charge in [0, 0.05) is 50.8 Å². The molecule has 3 aromatic heterocycles. The van der Waals surface area contributed by atoms with Crippen LogP contribution >= 0.6 is 0 Å². The van der Waals surface area contributed by atoms with Crippen molar-refractivity contribution in [3.8, 4) is 17.1 Å². The third-order valence-electron chi connectivity index (χ3n) is 7.60. The number of amides is 2. The number of nitrogens with one attached hydrogen (secondary N) is 1. The quantitative estimate of drug-likeness (QED) is 0.373. The van der Waals surface area contributed by atoms with E-state index < -0.39 is 35.6 Å². The number of aliphatic hydroxyl groups is 1. The topological polar surface area (TPSA) is 151 Å². The molecule has 2 aliphatic heterocycles. The molecule has 0 bridgehead atoms. The van der Waals surface area contributed by atoms with Gasteiger partial charge in [0.15, 0.2) is 5.82 Å². The third kappa shape index (κ3) is 5.83. The van der Waals surface area contributed by atoms with Crippen LogP contribution in [0, 0.1) is 0 Å². The number of carbonyl (C=O) groups is 2. The number of likely N-dealkylation sites (tertiary alicyclic amines) is 2. The molecule has 15 heteroatoms. The fourth-order valence-corrected chi connectivity index (χ4v) is 5.37. The molecular weight excluding hydrogens is 557 g/mol. The summed E-state index contributed by atoms with van der Waals surface area (Å²) in [7, 11) is 1.34. The summed E-state index contributed by atoms with van der Waals surface area (Å²) in [6.07, 6.45) is 0.752. The van der Waals surface area contributed by atoms with Crippen molar-refractivity contribution in [2.45, 2.75) is 57.0 Å². The van der Waals surface area contributed by atoms with Crippen molar-refractivity contribution in [1.82, 2.24) is 34.7 Å². The molecule has 0 unspecified atom stereocenters. The number of carbonyl (C=O) groups excluding carboxylic acids is 2. The largest absolute Gasteiger partial charge is 0.480 e. The van der Waals surface area contributed by atoms with Gasteiger partial charge in [-0.25, -0.2) is 27.7 Å². The Bertz CT molecular complexity index is 1500. The minimum atomic E-state index is -2.68. The number of nitrogens with two attached hydrogens (primary N) is 1. The van der Waals surface area contributed by atoms with Crippen molar-refractivity contribution in [3.63, 3.8) is 0 Å². The second-order valence-electron chi connectivity index (χ2n) is 11.2. The number of halogens is 3. The first-order valence-electron chi connectivity index (χ1n) is 13.5. The smallest absolute Gasteiger partial charge is 0.257 e. The molecule has 42 heavy (non-hydrogen) atoms. The third-order valence-corrected chi connectivity index (χ3v) is 7.60. The molecule has 0 spiro atoms. The SMILES string of the molecule is COc1ncc(-c2cc(CN3CCC(F)(F)CC3)c3c(N)ncnn23)cc1C(=O)N[C@@H]1CN(C(=O)C(C)(C)O)C[C@@H]1F. The fourth-order valence-electron chi connectivity index (χ4n) is 5.37. The van der Waals surface area contributed by atoms with E-state index in [4.69, 9.17) is 10.5 Å². The first kappa shape index (κ1) is 29.5. The van der Waals surface area contributed by atoms with Crippen molar-refractivity contribution in [2.24, 2.45) is 0 Å². The lowest BCUT2D eigenvalue weighted by molar-refractivity contribution is -0.146. The summed E-state index contributed by atoms with van der Waals surface area (Å²) in [5, 5.41) is 17.0. The number of rotatable bonds is 7. The van der Waals surface area contributed by atoms with Gasteiger partial charge in [-0.05, 0) is 31.5 Å². The van der Waals surface area contributed by atoms with E-state index in [1.54, 1.807) is 10.6 Å². The standard InChI is InChI=1S/C27H33F3N8O4/c1-26(2,41)25(40)37-12-18(28)19(13-37)35-23(39)17-8-15(10-32-24(17)42-3)20-9-16(21-22(31)33-14-34-38(20)21)11-36-6-4-27(29,30)5-7-36/h8-10,14,18-19,41H,4-7,11-13H2,1-3H3,(H,35,39)(H2,31,33,34)/t18-,19+/m0/s1. The number of nitrogen functional groups attached to an aromatic ring is 1. The number of piperidine rings is 1. The summed E-state index contributed by atoms with van der Waals surface area (Å²) in [4.78, 5) is 37.2. The molecule has 2 fully saturated rings. The van der Waals surface area contributed by atoms with Gasteiger partial charge >= 0.3 is 0 Å². The first-order chi connectivity index (χ1) is 19.8. The number of nitrogens with zero attached hydrogens (tertiary/aromatic N) is 6. The summed E-state index contributed by atoms with van der Waals surface area (Å²) >= 11 is 0. The normalized spacial score (nSPS) is 21.1. The van der Waals surface area contributed by atoms with Crippen LogP contribution in [0.3, 0.4) is 0 Å². The maximum absolute atomic E-state index is 14.8. The zero-order chi connectivity index (χ0) is 30.4. The van der Waals surface area contributed by atoms with Gasteiger partial charge < -0.3 is 25.8 Å². The van der Waals surface area contributed by atoms with Crippen LogP contribution in [0.2, 0.25) is 0 Å². The number of anilines is 1. The Balaban J connectivity index is 1.43. The average molecular weight is 591 g/mol. The number of pyridine rings is 1. The number of methoxy groups -OCH3 is 1. The van der Waals surface area contributed by atoms with Gasteiger partial charge in [0.25, 0.3) is 17.7 Å². The summed E-state index contributed by atoms with van der Waals surface area (Å²) in [6.45, 7) is 3.03. The average Bonchev–Trinajstić information content (AvgIpc) is 3.49. The highest BCUT2D eigenvalue weighted by atomic mass is 19.3. The Hall–Kier alpha value is -3.98. The van der Waals surface area contributed by atoms with Crippen LogP contribution < -0.4 is 15.8 Å². The van der Waals surface area contributed by atoms with Crippen LogP contribution in [-0.4, -0.2) is 103 Å². The maximum atomic E-state index is 14.8. The predicted molar refractivity (Wildman–Crippen MR) is 146 cm³/mol. The van der Waals surface area contributed by atoms with Crippen LogP contribution in [0.1, 0.15) is 42.6 Å². The lowest BCUT2D eigenvalue weighted by atomic mass is 10.1. The summed E-state index contributed by atoms with van der Waals surface area (Å²) in [5.74, 6) is -3.79. The predicted octanol–water partition coefficient (Wildman–Crippen LogP) is 1.66. The molecule has 12 nitrogen and oxygen atoms in total. The zero-order valence-electron chi connectivity index (χ0n) is 23.5. The van der Waals surface area contributed by atoms with Crippen LogP contribution in [0.5, 0.6) is 5.88 Å². The Labute approximate surface area is 239 Å². The maximum Gasteiger partial charge on any atom is 0.257 e. The van der Waals surface area contributed by atoms with Crippen LogP contribution in [0.4, 0.5) is 19.0 Å². The molecule has 2 amide bonds. The molecule has 5 rings (SSSR count). The van der Waals surface area contributed by atoms with Gasteiger partial charge in [-0.15, -0.1) is 0 Å². The van der Waals surface area contributed by atoms with Gasteiger partial charge in [0.2, 0.25) is 5.88 Å². The summed E-state index contributed by atoms with van der Waals surface area (Å²) < 4.78 is 49.1. The molecule has 2 atom stereocenters. The minimum Gasteiger partial charge on any atom is -0.480 e. The number of hydrogen-bond donors (Lipinski definition) is 3. The van der Waals surface area contributed by atoms with E-state index in [1.807, 2.05) is 4.90 Å². The van der Waals surface area contributed by atoms with E-state index in [-0.39, 0.29) is 56.3 Å². The summed E-state index contributed by atoms with van der Waals surface area (Å²) in [5.41, 5.74) is 6.75. The molecule has 226 valence electrons. The molecule has 3 aromatic rings. The highest BCUT2D eigenvalue weighted by Crippen LogP contribution is 2.33. The van der Waals surface area contributed by atoms with E-state index in [2.05, 4.69) is 20.4 Å².